The van der Waals surface area contributed by atoms with Crippen LogP contribution in [0.4, 0.5) is 8.78 Å². The second kappa shape index (κ2) is 8.61. The number of rotatable bonds is 5. The number of carbonyl (C=O) groups excluding carboxylic acids is 1. The highest BCUT2D eigenvalue weighted by atomic mass is 35.5. The van der Waals surface area contributed by atoms with Crippen molar-refractivity contribution in [3.8, 4) is 0 Å². The summed E-state index contributed by atoms with van der Waals surface area (Å²) in [6, 6.07) is 4.07. The Bertz CT molecular complexity index is 799. The molecule has 1 aromatic carbocycles. The smallest absolute Gasteiger partial charge is 0.251 e. The van der Waals surface area contributed by atoms with Crippen LogP contribution in [0, 0.1) is 5.92 Å². The van der Waals surface area contributed by atoms with Crippen molar-refractivity contribution in [2.75, 3.05) is 26.2 Å². The Morgan fingerprint density at radius 1 is 1.14 bits per heavy atom. The number of amides is 1. The molecule has 1 aromatic rings. The normalized spacial score (nSPS) is 24.0. The van der Waals surface area contributed by atoms with Crippen LogP contribution >= 0.6 is 11.6 Å². The molecule has 0 spiro atoms. The summed E-state index contributed by atoms with van der Waals surface area (Å²) in [5.41, 5.74) is 0. The molecule has 2 saturated heterocycles. The second-order valence-corrected chi connectivity index (χ2v) is 9.67. The van der Waals surface area contributed by atoms with Gasteiger partial charge in [0.2, 0.25) is 15.9 Å². The van der Waals surface area contributed by atoms with Gasteiger partial charge in [-0.05, 0) is 56.1 Å². The van der Waals surface area contributed by atoms with E-state index in [1.165, 1.54) is 24.3 Å². The van der Waals surface area contributed by atoms with Crippen molar-refractivity contribution < 1.29 is 22.0 Å². The molecule has 1 atom stereocenters. The third-order valence-corrected chi connectivity index (χ3v) is 7.39. The number of benzene rings is 1. The number of halogens is 3. The maximum atomic E-state index is 14.2. The van der Waals surface area contributed by atoms with Crippen LogP contribution in [0.1, 0.15) is 25.7 Å². The van der Waals surface area contributed by atoms with Crippen LogP contribution in [-0.2, 0) is 14.8 Å². The maximum absolute atomic E-state index is 14.2. The average Bonchev–Trinajstić information content (AvgIpc) is 2.78. The molecular weight excluding hydrogens is 412 g/mol. The molecule has 0 aliphatic carbocycles. The summed E-state index contributed by atoms with van der Waals surface area (Å²) in [7, 11) is -4.16. The minimum atomic E-state index is -4.16. The summed E-state index contributed by atoms with van der Waals surface area (Å²) in [6.07, 6.45) is 0.114. The first-order valence-corrected chi connectivity index (χ1v) is 11.1. The number of alkyl halides is 2. The van der Waals surface area contributed by atoms with Crippen LogP contribution in [0.3, 0.4) is 0 Å². The van der Waals surface area contributed by atoms with Gasteiger partial charge in [-0.1, -0.05) is 11.6 Å². The van der Waals surface area contributed by atoms with Gasteiger partial charge in [-0.3, -0.25) is 4.79 Å². The van der Waals surface area contributed by atoms with Crippen molar-refractivity contribution in [2.45, 2.75) is 42.5 Å². The molecule has 28 heavy (non-hydrogen) atoms. The minimum absolute atomic E-state index is 0.00648. The van der Waals surface area contributed by atoms with E-state index in [9.17, 15) is 22.0 Å². The molecule has 2 aliphatic heterocycles. The molecule has 2 heterocycles. The second-order valence-electron chi connectivity index (χ2n) is 7.34. The van der Waals surface area contributed by atoms with Gasteiger partial charge < -0.3 is 10.6 Å². The van der Waals surface area contributed by atoms with Gasteiger partial charge in [-0.15, -0.1) is 0 Å². The average molecular weight is 436 g/mol. The first-order chi connectivity index (χ1) is 13.2. The first kappa shape index (κ1) is 21.4. The number of carbonyl (C=O) groups is 1. The van der Waals surface area contributed by atoms with Crippen LogP contribution in [0.5, 0.6) is 0 Å². The SMILES string of the molecule is O=C1NCCC(F)(F)C[C@H]1N(CC1CCNCC1)S(=O)(=O)c1ccc(Cl)cc1. The van der Waals surface area contributed by atoms with E-state index < -0.39 is 40.7 Å². The number of nitrogens with zero attached hydrogens (tertiary/aromatic N) is 1. The topological polar surface area (TPSA) is 78.5 Å². The highest BCUT2D eigenvalue weighted by Crippen LogP contribution is 2.32. The van der Waals surface area contributed by atoms with E-state index in [2.05, 4.69) is 10.6 Å². The van der Waals surface area contributed by atoms with Gasteiger partial charge in [0.25, 0.3) is 5.92 Å². The molecule has 6 nitrogen and oxygen atoms in total. The van der Waals surface area contributed by atoms with Gasteiger partial charge >= 0.3 is 0 Å². The Hall–Kier alpha value is -1.29. The molecule has 2 N–H and O–H groups in total. The van der Waals surface area contributed by atoms with Gasteiger partial charge in [-0.25, -0.2) is 17.2 Å². The Morgan fingerprint density at radius 3 is 2.43 bits per heavy atom. The lowest BCUT2D eigenvalue weighted by atomic mass is 9.97. The third-order valence-electron chi connectivity index (χ3n) is 5.25. The van der Waals surface area contributed by atoms with Crippen LogP contribution in [0.2, 0.25) is 5.02 Å². The fourth-order valence-electron chi connectivity index (χ4n) is 3.65. The molecule has 0 unspecified atom stereocenters. The van der Waals surface area contributed by atoms with Gasteiger partial charge in [0, 0.05) is 31.0 Å². The monoisotopic (exact) mass is 435 g/mol. The van der Waals surface area contributed by atoms with Crippen molar-refractivity contribution in [3.63, 3.8) is 0 Å². The standard InChI is InChI=1S/C18H24ClF2N3O3S/c19-14-1-3-15(4-2-14)28(26,27)24(12-13-5-8-22-9-6-13)16-11-18(20,21)7-10-23-17(16)25/h1-4,13,16,22H,5-12H2,(H,23,25)/t16-/m1/s1. The van der Waals surface area contributed by atoms with E-state index >= 15 is 0 Å². The Morgan fingerprint density at radius 2 is 1.79 bits per heavy atom. The van der Waals surface area contributed by atoms with E-state index in [4.69, 9.17) is 11.6 Å². The summed E-state index contributed by atoms with van der Waals surface area (Å²) in [6.45, 7) is 1.31. The molecule has 3 rings (SSSR count). The zero-order valence-corrected chi connectivity index (χ0v) is 16.9. The van der Waals surface area contributed by atoms with Crippen LogP contribution in [0.25, 0.3) is 0 Å². The molecule has 156 valence electrons. The van der Waals surface area contributed by atoms with Crippen molar-refractivity contribution in [2.24, 2.45) is 5.92 Å². The van der Waals surface area contributed by atoms with E-state index in [-0.39, 0.29) is 23.9 Å². The molecule has 0 saturated carbocycles. The van der Waals surface area contributed by atoms with E-state index in [0.717, 1.165) is 30.2 Å². The maximum Gasteiger partial charge on any atom is 0.251 e. The minimum Gasteiger partial charge on any atom is -0.354 e. The highest BCUT2D eigenvalue weighted by molar-refractivity contribution is 7.89. The van der Waals surface area contributed by atoms with Gasteiger partial charge in [-0.2, -0.15) is 4.31 Å². The van der Waals surface area contributed by atoms with Crippen LogP contribution < -0.4 is 10.6 Å². The number of hydrogen-bond acceptors (Lipinski definition) is 4. The third kappa shape index (κ3) is 5.00. The predicted molar refractivity (Wildman–Crippen MR) is 102 cm³/mol. The van der Waals surface area contributed by atoms with E-state index in [1.54, 1.807) is 0 Å². The van der Waals surface area contributed by atoms with Gasteiger partial charge in [0.1, 0.15) is 6.04 Å². The fraction of sp³-hybridized carbons (Fsp3) is 0.611. The molecule has 0 bridgehead atoms. The van der Waals surface area contributed by atoms with Gasteiger partial charge in [0.15, 0.2) is 0 Å². The van der Waals surface area contributed by atoms with E-state index in [1.807, 2.05) is 0 Å². The summed E-state index contributed by atoms with van der Waals surface area (Å²) in [5, 5.41) is 6.00. The van der Waals surface area contributed by atoms with Crippen LogP contribution in [0.15, 0.2) is 29.2 Å². The molecule has 2 fully saturated rings. The predicted octanol–water partition coefficient (Wildman–Crippen LogP) is 2.24. The molecule has 10 heteroatoms. The zero-order valence-electron chi connectivity index (χ0n) is 15.3. The number of piperidine rings is 1. The summed E-state index contributed by atoms with van der Waals surface area (Å²) < 4.78 is 56.1. The van der Waals surface area contributed by atoms with Crippen molar-refractivity contribution >= 4 is 27.5 Å². The lowest BCUT2D eigenvalue weighted by molar-refractivity contribution is -0.126. The molecule has 2 aliphatic rings. The fourth-order valence-corrected chi connectivity index (χ4v) is 5.44. The van der Waals surface area contributed by atoms with Crippen molar-refractivity contribution in [1.82, 2.24) is 14.9 Å². The first-order valence-electron chi connectivity index (χ1n) is 9.33. The lowest BCUT2D eigenvalue weighted by Gasteiger charge is -2.34. The largest absolute Gasteiger partial charge is 0.354 e. The summed E-state index contributed by atoms with van der Waals surface area (Å²) in [4.78, 5) is 12.5. The summed E-state index contributed by atoms with van der Waals surface area (Å²) in [5.74, 6) is -3.80. The lowest BCUT2D eigenvalue weighted by Crippen LogP contribution is -2.52. The molecule has 0 radical (unpaired) electrons. The van der Waals surface area contributed by atoms with Crippen molar-refractivity contribution in [1.29, 1.82) is 0 Å². The van der Waals surface area contributed by atoms with Crippen LogP contribution in [-0.4, -0.2) is 56.8 Å². The Kier molecular flexibility index (Phi) is 6.58. The molecule has 1 amide bonds. The molecule has 0 aromatic heterocycles. The number of sulfonamides is 1. The Balaban J connectivity index is 1.98. The summed E-state index contributed by atoms with van der Waals surface area (Å²) >= 11 is 5.85. The van der Waals surface area contributed by atoms with Crippen molar-refractivity contribution in [3.05, 3.63) is 29.3 Å². The van der Waals surface area contributed by atoms with Gasteiger partial charge in [0.05, 0.1) is 4.90 Å². The quantitative estimate of drug-likeness (QED) is 0.743. The number of nitrogens with one attached hydrogen (secondary N) is 2. The highest BCUT2D eigenvalue weighted by Gasteiger charge is 2.45. The number of hydrogen-bond donors (Lipinski definition) is 2. The molecular formula is C18H24ClF2N3O3S. The Labute approximate surface area is 168 Å². The van der Waals surface area contributed by atoms with E-state index in [0.29, 0.717) is 5.02 Å². The zero-order chi connectivity index (χ0) is 20.4.